The Bertz CT molecular complexity index is 1480. The lowest BCUT2D eigenvalue weighted by Crippen LogP contribution is -2.38. The number of ether oxygens (including phenoxy) is 3. The number of hydrogen-bond donors (Lipinski definition) is 2. The van der Waals surface area contributed by atoms with Gasteiger partial charge < -0.3 is 29.3 Å². The number of aliphatic hydroxyl groups is 1. The van der Waals surface area contributed by atoms with E-state index in [1.54, 1.807) is 43.3 Å². The molecule has 1 amide bonds. The second-order valence-corrected chi connectivity index (χ2v) is 10.8. The number of likely N-dealkylation sites (tertiary alicyclic amines) is 1. The molecule has 0 saturated carbocycles. The number of aryl methyl sites for hydroxylation is 1. The fraction of sp³-hybridized carbons (Fsp3) is 0.353. The number of morpholine rings is 1. The first kappa shape index (κ1) is 30.1. The van der Waals surface area contributed by atoms with Gasteiger partial charge in [0, 0.05) is 31.7 Å². The van der Waals surface area contributed by atoms with Crippen molar-refractivity contribution in [2.75, 3.05) is 46.0 Å². The molecule has 3 aromatic carbocycles. The van der Waals surface area contributed by atoms with Crippen molar-refractivity contribution in [2.45, 2.75) is 32.9 Å². The lowest BCUT2D eigenvalue weighted by molar-refractivity contribution is -0.140. The van der Waals surface area contributed by atoms with Crippen molar-refractivity contribution in [2.24, 2.45) is 0 Å². The molecular weight excluding hydrogens is 548 g/mol. The highest BCUT2D eigenvalue weighted by molar-refractivity contribution is 6.46. The molecule has 0 radical (unpaired) electrons. The van der Waals surface area contributed by atoms with Crippen molar-refractivity contribution >= 4 is 17.4 Å². The van der Waals surface area contributed by atoms with E-state index in [1.165, 1.54) is 11.0 Å². The Kier molecular flexibility index (Phi) is 9.64. The average Bonchev–Trinajstić information content (AvgIpc) is 3.27. The van der Waals surface area contributed by atoms with Crippen molar-refractivity contribution in [3.63, 3.8) is 0 Å². The van der Waals surface area contributed by atoms with E-state index in [0.717, 1.165) is 30.8 Å². The number of aliphatic hydroxyl groups excluding tert-OH is 1. The summed E-state index contributed by atoms with van der Waals surface area (Å²) in [5.74, 6) is -0.879. The molecule has 43 heavy (non-hydrogen) atoms. The van der Waals surface area contributed by atoms with Crippen LogP contribution in [0.15, 0.2) is 72.3 Å². The van der Waals surface area contributed by atoms with Crippen LogP contribution < -0.4 is 9.47 Å². The Morgan fingerprint density at radius 3 is 2.47 bits per heavy atom. The molecule has 3 aromatic rings. The maximum Gasteiger partial charge on any atom is 0.295 e. The van der Waals surface area contributed by atoms with Gasteiger partial charge in [-0.3, -0.25) is 14.5 Å². The van der Waals surface area contributed by atoms with Crippen LogP contribution in [0, 0.1) is 6.92 Å². The Morgan fingerprint density at radius 1 is 0.977 bits per heavy atom. The number of phenols is 1. The van der Waals surface area contributed by atoms with Crippen LogP contribution in [0.1, 0.15) is 41.6 Å². The molecule has 0 bridgehead atoms. The van der Waals surface area contributed by atoms with E-state index in [9.17, 15) is 19.8 Å². The zero-order valence-corrected chi connectivity index (χ0v) is 24.6. The summed E-state index contributed by atoms with van der Waals surface area (Å²) in [4.78, 5) is 30.6. The predicted molar refractivity (Wildman–Crippen MR) is 162 cm³/mol. The van der Waals surface area contributed by atoms with Crippen molar-refractivity contribution in [1.29, 1.82) is 0 Å². The molecule has 2 aliphatic heterocycles. The minimum Gasteiger partial charge on any atom is -0.507 e. The average molecular weight is 587 g/mol. The SMILES string of the molecule is CCOc1cc(C2/C(=C(\O)c3ccc(OCc4cccc(C)c4)cc3)C(=O)C(=O)N2CCCN2CCOCC2)ccc1O. The van der Waals surface area contributed by atoms with Crippen LogP contribution >= 0.6 is 0 Å². The number of aromatic hydroxyl groups is 1. The van der Waals surface area contributed by atoms with Gasteiger partial charge in [-0.25, -0.2) is 0 Å². The van der Waals surface area contributed by atoms with Gasteiger partial charge in [-0.1, -0.05) is 35.9 Å². The van der Waals surface area contributed by atoms with E-state index in [-0.39, 0.29) is 22.8 Å². The van der Waals surface area contributed by atoms with E-state index in [0.29, 0.717) is 56.3 Å². The number of benzene rings is 3. The third-order valence-electron chi connectivity index (χ3n) is 7.73. The first-order chi connectivity index (χ1) is 20.9. The van der Waals surface area contributed by atoms with Gasteiger partial charge in [-0.2, -0.15) is 0 Å². The van der Waals surface area contributed by atoms with Crippen molar-refractivity contribution in [1.82, 2.24) is 9.80 Å². The Labute approximate surface area is 251 Å². The Morgan fingerprint density at radius 2 is 1.74 bits per heavy atom. The van der Waals surface area contributed by atoms with Crippen LogP contribution in [0.25, 0.3) is 5.76 Å². The number of phenolic OH excluding ortho intramolecular Hbond substituents is 1. The van der Waals surface area contributed by atoms with Gasteiger partial charge in [0.05, 0.1) is 31.4 Å². The van der Waals surface area contributed by atoms with Crippen molar-refractivity contribution in [3.8, 4) is 17.2 Å². The van der Waals surface area contributed by atoms with Gasteiger partial charge in [0.25, 0.3) is 11.7 Å². The first-order valence-electron chi connectivity index (χ1n) is 14.7. The summed E-state index contributed by atoms with van der Waals surface area (Å²) < 4.78 is 16.9. The number of Topliss-reactive ketones (excluding diaryl/α,β-unsaturated/α-hetero) is 1. The number of ketones is 1. The molecule has 1 atom stereocenters. The van der Waals surface area contributed by atoms with E-state index < -0.39 is 17.7 Å². The quantitative estimate of drug-likeness (QED) is 0.187. The van der Waals surface area contributed by atoms with Crippen LogP contribution in [0.2, 0.25) is 0 Å². The van der Waals surface area contributed by atoms with Gasteiger partial charge in [-0.15, -0.1) is 0 Å². The lowest BCUT2D eigenvalue weighted by Gasteiger charge is -2.29. The summed E-state index contributed by atoms with van der Waals surface area (Å²) in [5.41, 5.74) is 3.14. The highest BCUT2D eigenvalue weighted by atomic mass is 16.5. The van der Waals surface area contributed by atoms with Crippen molar-refractivity contribution < 1.29 is 34.0 Å². The number of amides is 1. The van der Waals surface area contributed by atoms with Crippen LogP contribution in [0.5, 0.6) is 17.2 Å². The molecule has 9 heteroatoms. The third-order valence-corrected chi connectivity index (χ3v) is 7.73. The number of carbonyl (C=O) groups excluding carboxylic acids is 2. The molecule has 0 aromatic heterocycles. The molecule has 0 spiro atoms. The molecular formula is C34H38N2O7. The van der Waals surface area contributed by atoms with E-state index in [2.05, 4.69) is 11.0 Å². The van der Waals surface area contributed by atoms with Crippen LogP contribution in [0.3, 0.4) is 0 Å². The van der Waals surface area contributed by atoms with E-state index in [4.69, 9.17) is 14.2 Å². The summed E-state index contributed by atoms with van der Waals surface area (Å²) in [6.07, 6.45) is 0.646. The number of hydrogen-bond acceptors (Lipinski definition) is 8. The van der Waals surface area contributed by atoms with Gasteiger partial charge in [0.15, 0.2) is 11.5 Å². The topological polar surface area (TPSA) is 109 Å². The highest BCUT2D eigenvalue weighted by Gasteiger charge is 2.46. The monoisotopic (exact) mass is 586 g/mol. The molecule has 2 fully saturated rings. The second-order valence-electron chi connectivity index (χ2n) is 10.8. The van der Waals surface area contributed by atoms with Crippen LogP contribution in [0.4, 0.5) is 0 Å². The highest BCUT2D eigenvalue weighted by Crippen LogP contribution is 2.42. The molecule has 1 unspecified atom stereocenters. The normalized spacial score (nSPS) is 18.7. The standard InChI is InChI=1S/C34H38N2O7/c1-3-42-29-21-26(10-13-28(29)37)31-30(33(39)34(40)36(31)15-5-14-35-16-18-41-19-17-35)32(38)25-8-11-27(12-9-25)43-22-24-7-4-6-23(2)20-24/h4,6-13,20-21,31,37-38H,3,5,14-19,22H2,1-2H3/b32-30+. The largest absolute Gasteiger partial charge is 0.507 e. The summed E-state index contributed by atoms with van der Waals surface area (Å²) in [6.45, 7) is 8.62. The number of rotatable bonds is 11. The predicted octanol–water partition coefficient (Wildman–Crippen LogP) is 4.82. The first-order valence-corrected chi connectivity index (χ1v) is 14.7. The van der Waals surface area contributed by atoms with E-state index >= 15 is 0 Å². The minimum absolute atomic E-state index is 0.00191. The van der Waals surface area contributed by atoms with Gasteiger partial charge >= 0.3 is 0 Å². The summed E-state index contributed by atoms with van der Waals surface area (Å²) >= 11 is 0. The summed E-state index contributed by atoms with van der Waals surface area (Å²) in [6, 6.07) is 18.8. The van der Waals surface area contributed by atoms with Crippen LogP contribution in [-0.2, 0) is 20.9 Å². The fourth-order valence-electron chi connectivity index (χ4n) is 5.55. The van der Waals surface area contributed by atoms with Crippen molar-refractivity contribution in [3.05, 3.63) is 94.6 Å². The molecule has 5 rings (SSSR count). The lowest BCUT2D eigenvalue weighted by atomic mass is 9.95. The van der Waals surface area contributed by atoms with Crippen LogP contribution in [-0.4, -0.2) is 77.7 Å². The summed E-state index contributed by atoms with van der Waals surface area (Å²) in [5, 5.41) is 21.8. The molecule has 2 saturated heterocycles. The molecule has 0 aliphatic carbocycles. The zero-order valence-electron chi connectivity index (χ0n) is 24.6. The maximum atomic E-state index is 13.5. The molecule has 2 heterocycles. The number of nitrogens with zero attached hydrogens (tertiary/aromatic N) is 2. The molecule has 226 valence electrons. The summed E-state index contributed by atoms with van der Waals surface area (Å²) in [7, 11) is 0. The number of carbonyl (C=O) groups is 2. The zero-order chi connectivity index (χ0) is 30.3. The molecule has 2 aliphatic rings. The maximum absolute atomic E-state index is 13.5. The van der Waals surface area contributed by atoms with Gasteiger partial charge in [-0.05, 0) is 67.8 Å². The minimum atomic E-state index is -0.846. The Balaban J connectivity index is 1.42. The smallest absolute Gasteiger partial charge is 0.295 e. The van der Waals surface area contributed by atoms with Gasteiger partial charge in [0.2, 0.25) is 0 Å². The van der Waals surface area contributed by atoms with E-state index in [1.807, 2.05) is 25.1 Å². The molecule has 9 nitrogen and oxygen atoms in total. The third kappa shape index (κ3) is 7.01. The fourth-order valence-corrected chi connectivity index (χ4v) is 5.55. The second kappa shape index (κ2) is 13.8. The Hall–Kier alpha value is -4.34. The molecule has 2 N–H and O–H groups in total. The van der Waals surface area contributed by atoms with Gasteiger partial charge in [0.1, 0.15) is 18.1 Å².